The summed E-state index contributed by atoms with van der Waals surface area (Å²) in [6.07, 6.45) is 6.41. The van der Waals surface area contributed by atoms with Crippen molar-refractivity contribution in [3.05, 3.63) is 0 Å². The second kappa shape index (κ2) is 4.11. The van der Waals surface area contributed by atoms with Crippen LogP contribution in [-0.2, 0) is 9.53 Å². The Bertz CT molecular complexity index is 254. The summed E-state index contributed by atoms with van der Waals surface area (Å²) in [6, 6.07) is 0.217. The minimum atomic E-state index is -0.192. The van der Waals surface area contributed by atoms with Crippen LogP contribution in [0.1, 0.15) is 39.0 Å². The average molecular weight is 195 g/mol. The Kier molecular flexibility index (Phi) is 2.85. The Morgan fingerprint density at radius 3 is 2.79 bits per heavy atom. The fourth-order valence-corrected chi connectivity index (χ4v) is 2.27. The minimum Gasteiger partial charge on any atom is -0.461 e. The van der Waals surface area contributed by atoms with Gasteiger partial charge in [-0.05, 0) is 25.7 Å². The molecule has 0 radical (unpaired) electrons. The van der Waals surface area contributed by atoms with Gasteiger partial charge in [0.05, 0.1) is 6.61 Å². The Morgan fingerprint density at radius 1 is 1.43 bits per heavy atom. The summed E-state index contributed by atoms with van der Waals surface area (Å²) in [5.41, 5.74) is 0.693. The number of hydrogen-bond acceptors (Lipinski definition) is 3. The predicted octanol–water partition coefficient (Wildman–Crippen LogP) is 1.95. The molecule has 1 saturated carbocycles. The highest BCUT2D eigenvalue weighted by Gasteiger charge is 2.41. The molecule has 1 aliphatic carbocycles. The van der Waals surface area contributed by atoms with Crippen molar-refractivity contribution < 1.29 is 9.53 Å². The fraction of sp³-hybridized carbons (Fsp3) is 0.818. The molecule has 78 valence electrons. The van der Waals surface area contributed by atoms with Gasteiger partial charge in [-0.2, -0.15) is 0 Å². The quantitative estimate of drug-likeness (QED) is 0.646. The van der Waals surface area contributed by atoms with E-state index in [0.29, 0.717) is 18.2 Å². The van der Waals surface area contributed by atoms with Crippen molar-refractivity contribution in [2.24, 2.45) is 10.9 Å². The molecule has 3 nitrogen and oxygen atoms in total. The molecule has 0 aromatic rings. The molecule has 0 spiro atoms. The van der Waals surface area contributed by atoms with Gasteiger partial charge >= 0.3 is 5.97 Å². The second-order valence-electron chi connectivity index (χ2n) is 4.08. The van der Waals surface area contributed by atoms with Crippen LogP contribution in [0.5, 0.6) is 0 Å². The Morgan fingerprint density at radius 2 is 2.14 bits per heavy atom. The zero-order valence-corrected chi connectivity index (χ0v) is 8.66. The predicted molar refractivity (Wildman–Crippen MR) is 54.4 cm³/mol. The van der Waals surface area contributed by atoms with E-state index in [1.165, 1.54) is 32.1 Å². The van der Waals surface area contributed by atoms with E-state index < -0.39 is 0 Å². The molecule has 1 aliphatic heterocycles. The van der Waals surface area contributed by atoms with E-state index in [0.717, 1.165) is 0 Å². The summed E-state index contributed by atoms with van der Waals surface area (Å²) in [5, 5.41) is 0. The van der Waals surface area contributed by atoms with Crippen molar-refractivity contribution in [3.8, 4) is 0 Å². The van der Waals surface area contributed by atoms with Crippen molar-refractivity contribution in [1.82, 2.24) is 0 Å². The molecule has 2 rings (SSSR count). The lowest BCUT2D eigenvalue weighted by molar-refractivity contribution is -0.134. The number of ether oxygens (including phenoxy) is 1. The molecule has 2 aliphatic rings. The van der Waals surface area contributed by atoms with Gasteiger partial charge in [0.15, 0.2) is 0 Å². The number of nitrogens with zero attached hydrogens (tertiary/aromatic N) is 1. The molecule has 0 aromatic carbocycles. The van der Waals surface area contributed by atoms with Gasteiger partial charge < -0.3 is 4.74 Å². The summed E-state index contributed by atoms with van der Waals surface area (Å²) >= 11 is 0. The second-order valence-corrected chi connectivity index (χ2v) is 4.08. The van der Waals surface area contributed by atoms with Crippen molar-refractivity contribution in [2.75, 3.05) is 6.61 Å². The summed E-state index contributed by atoms with van der Waals surface area (Å²) in [6.45, 7) is 2.28. The Labute approximate surface area is 84.5 Å². The van der Waals surface area contributed by atoms with Crippen LogP contribution in [0.4, 0.5) is 0 Å². The lowest BCUT2D eigenvalue weighted by Gasteiger charge is -2.20. The van der Waals surface area contributed by atoms with Crippen molar-refractivity contribution in [2.45, 2.75) is 45.1 Å². The maximum atomic E-state index is 11.3. The van der Waals surface area contributed by atoms with Crippen LogP contribution in [-0.4, -0.2) is 24.3 Å². The first-order chi connectivity index (χ1) is 6.83. The molecule has 14 heavy (non-hydrogen) atoms. The van der Waals surface area contributed by atoms with Crippen LogP contribution in [0.15, 0.2) is 4.99 Å². The average Bonchev–Trinajstić information content (AvgIpc) is 2.99. The van der Waals surface area contributed by atoms with Gasteiger partial charge in [-0.3, -0.25) is 4.99 Å². The maximum absolute atomic E-state index is 11.3. The van der Waals surface area contributed by atoms with E-state index in [9.17, 15) is 4.79 Å². The number of carbonyl (C=O) groups excluding carboxylic acids is 1. The van der Waals surface area contributed by atoms with E-state index in [-0.39, 0.29) is 12.0 Å². The molecule has 1 unspecified atom stereocenters. The topological polar surface area (TPSA) is 38.7 Å². The highest BCUT2D eigenvalue weighted by Crippen LogP contribution is 2.34. The molecule has 0 N–H and O–H groups in total. The van der Waals surface area contributed by atoms with E-state index in [1.54, 1.807) is 0 Å². The van der Waals surface area contributed by atoms with Crippen LogP contribution in [0, 0.1) is 5.92 Å². The number of hydrogen-bond donors (Lipinski definition) is 0. The van der Waals surface area contributed by atoms with Gasteiger partial charge in [0.2, 0.25) is 0 Å². The van der Waals surface area contributed by atoms with Crippen LogP contribution in [0.2, 0.25) is 0 Å². The molecular formula is C11H17NO2. The molecule has 1 fully saturated rings. The van der Waals surface area contributed by atoms with Crippen LogP contribution < -0.4 is 0 Å². The summed E-state index contributed by atoms with van der Waals surface area (Å²) < 4.78 is 4.92. The van der Waals surface area contributed by atoms with Crippen LogP contribution in [0.25, 0.3) is 0 Å². The molecule has 0 saturated heterocycles. The monoisotopic (exact) mass is 195 g/mol. The summed E-state index contributed by atoms with van der Waals surface area (Å²) in [7, 11) is 0. The number of carbonyl (C=O) groups is 1. The van der Waals surface area contributed by atoms with Gasteiger partial charge in [0.1, 0.15) is 11.8 Å². The molecule has 0 bridgehead atoms. The lowest BCUT2D eigenvalue weighted by Crippen LogP contribution is -2.22. The highest BCUT2D eigenvalue weighted by molar-refractivity contribution is 6.44. The van der Waals surface area contributed by atoms with E-state index in [1.807, 2.05) is 6.92 Å². The maximum Gasteiger partial charge on any atom is 0.354 e. The number of aliphatic imine (C=N–C) groups is 1. The first kappa shape index (κ1) is 9.69. The molecule has 0 amide bonds. The smallest absolute Gasteiger partial charge is 0.354 e. The largest absolute Gasteiger partial charge is 0.461 e. The SMILES string of the molecule is CCOC(=O)C1=NC1C1CCCCC1. The zero-order chi connectivity index (χ0) is 9.97. The fourth-order valence-electron chi connectivity index (χ4n) is 2.27. The molecule has 0 aromatic heterocycles. The zero-order valence-electron chi connectivity index (χ0n) is 8.66. The van der Waals surface area contributed by atoms with Crippen LogP contribution >= 0.6 is 0 Å². The molecular weight excluding hydrogens is 178 g/mol. The van der Waals surface area contributed by atoms with Gasteiger partial charge in [-0.25, -0.2) is 4.79 Å². The molecule has 1 heterocycles. The third kappa shape index (κ3) is 1.97. The van der Waals surface area contributed by atoms with Crippen molar-refractivity contribution in [3.63, 3.8) is 0 Å². The minimum absolute atomic E-state index is 0.192. The first-order valence-corrected chi connectivity index (χ1v) is 5.57. The standard InChI is InChI=1S/C11H17NO2/c1-2-14-11(13)10-9(12-10)8-6-4-3-5-7-8/h8-9H,2-7H2,1H3. The van der Waals surface area contributed by atoms with E-state index >= 15 is 0 Å². The highest BCUT2D eigenvalue weighted by atomic mass is 16.5. The number of rotatable bonds is 3. The first-order valence-electron chi connectivity index (χ1n) is 5.57. The Balaban J connectivity index is 1.78. The van der Waals surface area contributed by atoms with Crippen LogP contribution in [0.3, 0.4) is 0 Å². The van der Waals surface area contributed by atoms with E-state index in [2.05, 4.69) is 4.99 Å². The summed E-state index contributed by atoms with van der Waals surface area (Å²) in [5.74, 6) is 0.436. The molecule has 3 heteroatoms. The summed E-state index contributed by atoms with van der Waals surface area (Å²) in [4.78, 5) is 15.5. The Hall–Kier alpha value is -0.860. The third-order valence-electron chi connectivity index (χ3n) is 3.07. The normalized spacial score (nSPS) is 26.9. The van der Waals surface area contributed by atoms with E-state index in [4.69, 9.17) is 4.74 Å². The third-order valence-corrected chi connectivity index (χ3v) is 3.07. The lowest BCUT2D eigenvalue weighted by atomic mass is 9.85. The van der Waals surface area contributed by atoms with Gasteiger partial charge in [-0.1, -0.05) is 19.3 Å². The van der Waals surface area contributed by atoms with Gasteiger partial charge in [0, 0.05) is 0 Å². The van der Waals surface area contributed by atoms with Crippen molar-refractivity contribution >= 4 is 11.7 Å². The van der Waals surface area contributed by atoms with Gasteiger partial charge in [0.25, 0.3) is 0 Å². The molecule has 1 atom stereocenters. The van der Waals surface area contributed by atoms with Crippen molar-refractivity contribution in [1.29, 1.82) is 0 Å². The van der Waals surface area contributed by atoms with Gasteiger partial charge in [-0.15, -0.1) is 0 Å². The number of esters is 1.